The Morgan fingerprint density at radius 3 is 2.37 bits per heavy atom. The summed E-state index contributed by atoms with van der Waals surface area (Å²) in [5.74, 6) is 2.33. The van der Waals surface area contributed by atoms with Gasteiger partial charge in [0.15, 0.2) is 17.5 Å². The molecule has 0 radical (unpaired) electrons. The van der Waals surface area contributed by atoms with Gasteiger partial charge in [0.05, 0.1) is 0 Å². The van der Waals surface area contributed by atoms with Gasteiger partial charge in [-0.1, -0.05) is 12.1 Å². The number of benzene rings is 1. The van der Waals surface area contributed by atoms with Crippen molar-refractivity contribution >= 4 is 24.0 Å². The highest BCUT2D eigenvalue weighted by atomic mass is 16.3. The van der Waals surface area contributed by atoms with Gasteiger partial charge in [-0.25, -0.2) is 9.97 Å². The minimum Gasteiger partial charge on any atom is -0.508 e. The molecule has 0 unspecified atom stereocenters. The van der Waals surface area contributed by atoms with E-state index >= 15 is 0 Å². The maximum Gasteiger partial charge on any atom is 0.165 e. The number of aliphatic imine (C=N–C) groups is 1. The van der Waals surface area contributed by atoms with E-state index in [2.05, 4.69) is 40.3 Å². The van der Waals surface area contributed by atoms with E-state index in [1.165, 1.54) is 0 Å². The Morgan fingerprint density at radius 1 is 1.07 bits per heavy atom. The molecular formula is C23H28N6O. The normalized spacial score (nSPS) is 10.8. The SMILES string of the molecule is C=Nc1c(N(C)CCc2ccc(O)cc2)nc(-c2cccnc2)nc1N(C)C(C)C. The second-order valence-corrected chi connectivity index (χ2v) is 7.49. The fourth-order valence-corrected chi connectivity index (χ4v) is 3.02. The van der Waals surface area contributed by atoms with E-state index in [0.29, 0.717) is 11.5 Å². The van der Waals surface area contributed by atoms with E-state index in [1.807, 2.05) is 38.4 Å². The third kappa shape index (κ3) is 4.74. The van der Waals surface area contributed by atoms with Gasteiger partial charge in [0.2, 0.25) is 0 Å². The zero-order chi connectivity index (χ0) is 21.7. The van der Waals surface area contributed by atoms with Gasteiger partial charge in [0, 0.05) is 44.6 Å². The third-order valence-electron chi connectivity index (χ3n) is 5.07. The van der Waals surface area contributed by atoms with E-state index in [9.17, 15) is 5.11 Å². The van der Waals surface area contributed by atoms with E-state index in [-0.39, 0.29) is 11.8 Å². The Balaban J connectivity index is 2.00. The van der Waals surface area contributed by atoms with Crippen LogP contribution in [0, 0.1) is 0 Å². The summed E-state index contributed by atoms with van der Waals surface area (Å²) in [5, 5.41) is 9.49. The van der Waals surface area contributed by atoms with Crippen LogP contribution < -0.4 is 9.80 Å². The molecule has 0 amide bonds. The Morgan fingerprint density at radius 2 is 1.77 bits per heavy atom. The average Bonchev–Trinajstić information content (AvgIpc) is 2.77. The molecule has 2 heterocycles. The highest BCUT2D eigenvalue weighted by Crippen LogP contribution is 2.37. The molecule has 7 heteroatoms. The van der Waals surface area contributed by atoms with Crippen molar-refractivity contribution in [3.63, 3.8) is 0 Å². The van der Waals surface area contributed by atoms with Crippen molar-refractivity contribution < 1.29 is 5.11 Å². The highest BCUT2D eigenvalue weighted by molar-refractivity contribution is 5.79. The van der Waals surface area contributed by atoms with Crippen LogP contribution in [0.4, 0.5) is 17.3 Å². The second-order valence-electron chi connectivity index (χ2n) is 7.49. The molecule has 0 bridgehead atoms. The van der Waals surface area contributed by atoms with Gasteiger partial charge in [-0.15, -0.1) is 0 Å². The quantitative estimate of drug-likeness (QED) is 0.570. The Labute approximate surface area is 177 Å². The van der Waals surface area contributed by atoms with Crippen LogP contribution in [0.25, 0.3) is 11.4 Å². The first-order chi connectivity index (χ1) is 14.4. The molecule has 0 aliphatic carbocycles. The number of rotatable bonds is 8. The number of hydrogen-bond donors (Lipinski definition) is 1. The van der Waals surface area contributed by atoms with Crippen molar-refractivity contribution in [1.82, 2.24) is 15.0 Å². The fourth-order valence-electron chi connectivity index (χ4n) is 3.02. The summed E-state index contributed by atoms with van der Waals surface area (Å²) in [6, 6.07) is 11.3. The Kier molecular flexibility index (Phi) is 6.61. The zero-order valence-corrected chi connectivity index (χ0v) is 17.9. The number of aromatic hydroxyl groups is 1. The molecule has 0 fully saturated rings. The molecule has 0 aliphatic heterocycles. The van der Waals surface area contributed by atoms with Gasteiger partial charge < -0.3 is 14.9 Å². The number of hydrogen-bond acceptors (Lipinski definition) is 7. The van der Waals surface area contributed by atoms with Crippen LogP contribution in [0.3, 0.4) is 0 Å². The molecular weight excluding hydrogens is 376 g/mol. The number of phenolic OH excluding ortho intramolecular Hbond substituents is 1. The summed E-state index contributed by atoms with van der Waals surface area (Å²) in [5.41, 5.74) is 2.64. The molecule has 3 aromatic rings. The predicted molar refractivity (Wildman–Crippen MR) is 123 cm³/mol. The fraction of sp³-hybridized carbons (Fsp3) is 0.304. The Bertz CT molecular complexity index is 989. The first kappa shape index (κ1) is 21.2. The van der Waals surface area contributed by atoms with E-state index in [1.54, 1.807) is 24.5 Å². The number of anilines is 2. The highest BCUT2D eigenvalue weighted by Gasteiger charge is 2.21. The summed E-state index contributed by atoms with van der Waals surface area (Å²) >= 11 is 0. The maximum atomic E-state index is 9.49. The molecule has 0 aliphatic rings. The molecule has 156 valence electrons. The molecule has 1 aromatic carbocycles. The van der Waals surface area contributed by atoms with Crippen LogP contribution in [0.5, 0.6) is 5.75 Å². The number of nitrogens with zero attached hydrogens (tertiary/aromatic N) is 6. The van der Waals surface area contributed by atoms with Crippen LogP contribution >= 0.6 is 0 Å². The number of likely N-dealkylation sites (N-methyl/N-ethyl adjacent to an activating group) is 1. The number of phenols is 1. The summed E-state index contributed by atoms with van der Waals surface area (Å²) in [4.78, 5) is 22.2. The standard InChI is InChI=1S/C23H28N6O/c1-16(2)29(5)23-20(24-3)22(26-21(27-23)18-7-6-13-25-15-18)28(4)14-12-17-8-10-19(30)11-9-17/h6-11,13,15-16,30H,3,12,14H2,1-2,4-5H3. The van der Waals surface area contributed by atoms with Crippen molar-refractivity contribution in [2.75, 3.05) is 30.4 Å². The summed E-state index contributed by atoms with van der Waals surface area (Å²) in [7, 11) is 3.98. The topological polar surface area (TPSA) is 77.7 Å². The molecule has 0 atom stereocenters. The average molecular weight is 405 g/mol. The van der Waals surface area contributed by atoms with E-state index in [4.69, 9.17) is 9.97 Å². The largest absolute Gasteiger partial charge is 0.508 e. The molecule has 0 saturated carbocycles. The van der Waals surface area contributed by atoms with Crippen molar-refractivity contribution in [2.45, 2.75) is 26.3 Å². The number of pyridine rings is 1. The van der Waals surface area contributed by atoms with E-state index < -0.39 is 0 Å². The molecule has 2 aromatic heterocycles. The van der Waals surface area contributed by atoms with Gasteiger partial charge in [-0.2, -0.15) is 0 Å². The molecule has 3 rings (SSSR count). The van der Waals surface area contributed by atoms with Crippen molar-refractivity contribution in [2.24, 2.45) is 4.99 Å². The van der Waals surface area contributed by atoms with Gasteiger partial charge in [0.1, 0.15) is 11.4 Å². The monoisotopic (exact) mass is 404 g/mol. The summed E-state index contributed by atoms with van der Waals surface area (Å²) < 4.78 is 0. The van der Waals surface area contributed by atoms with Gasteiger partial charge in [-0.3, -0.25) is 9.98 Å². The Hall–Kier alpha value is -3.48. The van der Waals surface area contributed by atoms with Crippen LogP contribution in [-0.4, -0.2) is 53.5 Å². The lowest BCUT2D eigenvalue weighted by atomic mass is 10.1. The smallest absolute Gasteiger partial charge is 0.165 e. The molecule has 0 spiro atoms. The summed E-state index contributed by atoms with van der Waals surface area (Å²) in [6.45, 7) is 8.72. The first-order valence-electron chi connectivity index (χ1n) is 9.91. The molecule has 30 heavy (non-hydrogen) atoms. The molecule has 0 saturated heterocycles. The van der Waals surface area contributed by atoms with Crippen molar-refractivity contribution in [3.8, 4) is 17.1 Å². The first-order valence-corrected chi connectivity index (χ1v) is 9.91. The van der Waals surface area contributed by atoms with E-state index in [0.717, 1.165) is 35.7 Å². The summed E-state index contributed by atoms with van der Waals surface area (Å²) in [6.07, 6.45) is 4.29. The van der Waals surface area contributed by atoms with Gasteiger partial charge >= 0.3 is 0 Å². The van der Waals surface area contributed by atoms with Gasteiger partial charge in [-0.05, 0) is 56.8 Å². The lowest BCUT2D eigenvalue weighted by Crippen LogP contribution is -2.28. The molecule has 1 N–H and O–H groups in total. The third-order valence-corrected chi connectivity index (χ3v) is 5.07. The zero-order valence-electron chi connectivity index (χ0n) is 17.9. The van der Waals surface area contributed by atoms with Crippen LogP contribution in [0.2, 0.25) is 0 Å². The number of aromatic nitrogens is 3. The lowest BCUT2D eigenvalue weighted by molar-refractivity contribution is 0.475. The predicted octanol–water partition coefficient (Wildman–Crippen LogP) is 4.10. The maximum absolute atomic E-state index is 9.49. The second kappa shape index (κ2) is 9.35. The minimum atomic E-state index is 0.234. The lowest BCUT2D eigenvalue weighted by Gasteiger charge is -2.27. The van der Waals surface area contributed by atoms with Crippen LogP contribution in [0.15, 0.2) is 53.8 Å². The molecule has 7 nitrogen and oxygen atoms in total. The van der Waals surface area contributed by atoms with Crippen LogP contribution in [0.1, 0.15) is 19.4 Å². The van der Waals surface area contributed by atoms with Crippen molar-refractivity contribution in [3.05, 3.63) is 54.4 Å². The van der Waals surface area contributed by atoms with Crippen LogP contribution in [-0.2, 0) is 6.42 Å². The van der Waals surface area contributed by atoms with Crippen molar-refractivity contribution in [1.29, 1.82) is 0 Å². The minimum absolute atomic E-state index is 0.234. The van der Waals surface area contributed by atoms with Gasteiger partial charge in [0.25, 0.3) is 0 Å².